The molecule has 2 aliphatic rings. The molecule has 2 aliphatic heterocycles. The minimum Gasteiger partial charge on any atom is -0.493 e. The number of ether oxygens (including phenoxy) is 8. The Morgan fingerprint density at radius 1 is 0.600 bits per heavy atom. The molecule has 12 N–H and O–H groups in total. The average molecular weight is 1220 g/mol. The number of fused-ring (bicyclic) bond motifs is 2. The third-order valence-electron chi connectivity index (χ3n) is 15.6. The number of aromatic carboxylic acids is 1. The second kappa shape index (κ2) is 28.4. The number of nitrogens with one attached hydrogen (secondary N) is 1. The van der Waals surface area contributed by atoms with Crippen LogP contribution >= 0.6 is 0 Å². The smallest absolute Gasteiger partial charge is 0.341 e. The van der Waals surface area contributed by atoms with E-state index in [-0.39, 0.29) is 63.9 Å². The van der Waals surface area contributed by atoms with Gasteiger partial charge in [-0.1, -0.05) is 48.5 Å². The molecule has 4 aromatic carbocycles. The van der Waals surface area contributed by atoms with Crippen LogP contribution in [0.1, 0.15) is 63.6 Å². The molecule has 23 nitrogen and oxygen atoms in total. The predicted molar refractivity (Wildman–Crippen MR) is 339 cm³/mol. The van der Waals surface area contributed by atoms with Crippen molar-refractivity contribution in [1.29, 1.82) is 0 Å². The van der Waals surface area contributed by atoms with Crippen LogP contribution in [0.2, 0.25) is 0 Å². The first-order valence-electron chi connectivity index (χ1n) is 29.0. The number of aromatic nitrogens is 4. The van der Waals surface area contributed by atoms with Gasteiger partial charge in [-0.15, -0.1) is 0 Å². The molecule has 23 heteroatoms. The Morgan fingerprint density at radius 2 is 1.07 bits per heavy atom. The Balaban J connectivity index is 0.963. The summed E-state index contributed by atoms with van der Waals surface area (Å²) >= 11 is 0. The van der Waals surface area contributed by atoms with Gasteiger partial charge in [0, 0.05) is 129 Å². The molecule has 0 spiro atoms. The van der Waals surface area contributed by atoms with E-state index < -0.39 is 28.8 Å². The van der Waals surface area contributed by atoms with Crippen LogP contribution in [-0.2, 0) is 29.0 Å². The molecule has 0 bridgehead atoms. The number of hydrogen-bond donors (Lipinski definition) is 7. The second-order valence-electron chi connectivity index (χ2n) is 21.7. The minimum absolute atomic E-state index is 0.00749. The molecule has 1 amide bonds. The summed E-state index contributed by atoms with van der Waals surface area (Å²) in [5.41, 5.74) is 32.6. The van der Waals surface area contributed by atoms with Crippen molar-refractivity contribution in [2.24, 2.45) is 40.5 Å². The highest BCUT2D eigenvalue weighted by molar-refractivity contribution is 5.96. The number of carboxylic acids is 1. The van der Waals surface area contributed by atoms with Crippen LogP contribution < -0.4 is 73.3 Å². The van der Waals surface area contributed by atoms with Gasteiger partial charge in [-0.3, -0.25) is 24.4 Å². The number of allylic oxidation sites excluding steroid dienone is 4. The summed E-state index contributed by atoms with van der Waals surface area (Å²) in [6.45, 7) is 3.46. The van der Waals surface area contributed by atoms with Crippen LogP contribution in [0.3, 0.4) is 0 Å². The fraction of sp³-hybridized carbons (Fsp3) is 0.254. The summed E-state index contributed by atoms with van der Waals surface area (Å²) in [5.74, 6) is 0.640. The van der Waals surface area contributed by atoms with Crippen molar-refractivity contribution in [3.63, 3.8) is 0 Å². The van der Waals surface area contributed by atoms with E-state index in [0.717, 1.165) is 31.2 Å². The third-order valence-corrected chi connectivity index (χ3v) is 15.6. The predicted octanol–water partition coefficient (Wildman–Crippen LogP) is 7.73. The lowest BCUT2D eigenvalue weighted by Gasteiger charge is -2.24. The first-order chi connectivity index (χ1) is 43.5. The van der Waals surface area contributed by atoms with Gasteiger partial charge >= 0.3 is 5.97 Å². The van der Waals surface area contributed by atoms with Crippen molar-refractivity contribution in [3.8, 4) is 56.8 Å². The van der Waals surface area contributed by atoms with Gasteiger partial charge in [0.2, 0.25) is 10.9 Å². The maximum Gasteiger partial charge on any atom is 0.341 e. The number of pyridine rings is 4. The number of amides is 1. The summed E-state index contributed by atoms with van der Waals surface area (Å²) in [7, 11) is 4.56. The van der Waals surface area contributed by atoms with Crippen molar-refractivity contribution in [2.45, 2.75) is 51.3 Å². The molecule has 2 saturated heterocycles. The highest BCUT2D eigenvalue weighted by atomic mass is 16.5. The van der Waals surface area contributed by atoms with E-state index in [1.807, 2.05) is 41.0 Å². The molecular formula is C67H70N10O13. The molecule has 466 valence electrons. The zero-order valence-corrected chi connectivity index (χ0v) is 49.9. The molecule has 2 fully saturated rings. The molecule has 1 unspecified atom stereocenters. The number of rotatable bonds is 23. The van der Waals surface area contributed by atoms with Gasteiger partial charge in [0.1, 0.15) is 34.6 Å². The number of benzene rings is 4. The average Bonchev–Trinajstić information content (AvgIpc) is 3.35. The van der Waals surface area contributed by atoms with Crippen molar-refractivity contribution >= 4 is 33.7 Å². The quantitative estimate of drug-likeness (QED) is 0.0238. The van der Waals surface area contributed by atoms with Crippen LogP contribution in [0.25, 0.3) is 44.1 Å². The second-order valence-corrected chi connectivity index (χ2v) is 21.7. The Labute approximate surface area is 517 Å². The fourth-order valence-corrected chi connectivity index (χ4v) is 10.9. The molecule has 4 aromatic heterocycles. The molecule has 10 rings (SSSR count). The maximum absolute atomic E-state index is 14.6. The van der Waals surface area contributed by atoms with E-state index in [0.29, 0.717) is 113 Å². The van der Waals surface area contributed by atoms with Crippen molar-refractivity contribution in [1.82, 2.24) is 24.4 Å². The Morgan fingerprint density at radius 3 is 1.58 bits per heavy atom. The van der Waals surface area contributed by atoms with Crippen LogP contribution in [0.15, 0.2) is 179 Å². The Kier molecular flexibility index (Phi) is 19.6. The molecule has 0 saturated carbocycles. The zero-order valence-electron chi connectivity index (χ0n) is 49.9. The molecular weight excluding hydrogens is 1150 g/mol. The largest absolute Gasteiger partial charge is 0.493 e. The van der Waals surface area contributed by atoms with Crippen LogP contribution in [0, 0.1) is 11.8 Å². The van der Waals surface area contributed by atoms with E-state index in [1.165, 1.54) is 58.0 Å². The van der Waals surface area contributed by atoms with Crippen LogP contribution in [0.4, 0.5) is 0 Å². The summed E-state index contributed by atoms with van der Waals surface area (Å²) in [4.78, 5) is 64.0. The van der Waals surface area contributed by atoms with Crippen LogP contribution in [-0.4, -0.2) is 83.8 Å². The number of methoxy groups -OCH3 is 3. The first-order valence-corrected chi connectivity index (χ1v) is 29.0. The van der Waals surface area contributed by atoms with E-state index in [9.17, 15) is 24.3 Å². The third kappa shape index (κ3) is 15.0. The number of nitrogens with two attached hydrogens (primary N) is 5. The number of carbonyl (C=O) groups excluding carboxylic acids is 1. The number of hydrogen-bond acceptors (Lipinski definition) is 19. The lowest BCUT2D eigenvalue weighted by molar-refractivity contribution is 0.0609. The van der Waals surface area contributed by atoms with E-state index >= 15 is 0 Å². The molecule has 6 heterocycles. The number of carboxylic acid groups (broad SMARTS) is 1. The van der Waals surface area contributed by atoms with Gasteiger partial charge in [0.25, 0.3) is 5.91 Å². The number of carbonyl (C=O) groups is 2. The molecule has 0 aliphatic carbocycles. The summed E-state index contributed by atoms with van der Waals surface area (Å²) in [6, 6.07) is 24.7. The lowest BCUT2D eigenvalue weighted by Crippen LogP contribution is -2.33. The lowest BCUT2D eigenvalue weighted by atomic mass is 9.96. The van der Waals surface area contributed by atoms with Gasteiger partial charge in [-0.05, 0) is 96.2 Å². The van der Waals surface area contributed by atoms with Crippen LogP contribution in [0.5, 0.6) is 34.5 Å². The molecule has 8 aromatic rings. The first kappa shape index (κ1) is 62.3. The zero-order chi connectivity index (χ0) is 63.4. The highest BCUT2D eigenvalue weighted by Crippen LogP contribution is 2.40. The Hall–Kier alpha value is -10.8. The van der Waals surface area contributed by atoms with Crippen molar-refractivity contribution < 1.29 is 52.6 Å². The minimum atomic E-state index is -1.32. The normalized spacial score (nSPS) is 14.6. The standard InChI is InChI=1S/C67H70N10O13/c1-83-56-29-45-51(31-57(56)84-2)73-22-16-53(45)90-63(72)15-13-61(70)75-66(80)49-37-76(33-40-18-24-86-25-19-40)35-47(64(49)78)42-6-4-39(5-7-42)28-55(88-59-30-46-52(32-58(59)85-3)74-23-17-54(46)89-62(71)14-12-60(68)69)44-10-8-43(9-11-44)48-36-77(34-41-20-26-87-27-21-41)38-50(65(48)79)67(81)82/h4-17,22-23,29-32,35-38,40-41,55H,18-21,24-28,33-34,68-72H2,1-3H3,(H,75,80)(H,81,82)/b61-13+,62-14+,63-15+. The summed E-state index contributed by atoms with van der Waals surface area (Å²) in [6.07, 6.45) is 17.8. The van der Waals surface area contributed by atoms with Gasteiger partial charge in [0.05, 0.1) is 38.2 Å². The molecule has 1 atom stereocenters. The molecule has 90 heavy (non-hydrogen) atoms. The molecule has 0 radical (unpaired) electrons. The fourth-order valence-electron chi connectivity index (χ4n) is 10.9. The monoisotopic (exact) mass is 1220 g/mol. The summed E-state index contributed by atoms with van der Waals surface area (Å²) in [5, 5.41) is 13.9. The SMILES string of the molecule is COc1cc2nccc(O/C(N)=C/C=C(\N)NC(=O)c3cn(CC4CCOCC4)cc(-c4ccc(CC(Oc5cc6c(O/C(N)=C/C=C(N)N)ccnc6cc5OC)c5ccc(-c6cn(CC7CCOCC7)cc(C(=O)O)c6=O)cc5)cc4)c3=O)c2cc1OC. The van der Waals surface area contributed by atoms with Crippen molar-refractivity contribution in [2.75, 3.05) is 47.8 Å². The highest BCUT2D eigenvalue weighted by Gasteiger charge is 2.25. The number of nitrogens with zero attached hydrogens (tertiary/aromatic N) is 4. The van der Waals surface area contributed by atoms with Gasteiger partial charge in [-0.25, -0.2) is 4.79 Å². The van der Waals surface area contributed by atoms with Gasteiger partial charge in [0.15, 0.2) is 34.8 Å². The van der Waals surface area contributed by atoms with E-state index in [4.69, 9.17) is 66.6 Å². The maximum atomic E-state index is 14.6. The topological polar surface area (TPSA) is 340 Å². The summed E-state index contributed by atoms with van der Waals surface area (Å²) < 4.78 is 50.6. The van der Waals surface area contributed by atoms with E-state index in [1.54, 1.807) is 77.9 Å². The van der Waals surface area contributed by atoms with Gasteiger partial charge < -0.3 is 86.1 Å². The van der Waals surface area contributed by atoms with Gasteiger partial charge in [-0.2, -0.15) is 0 Å². The van der Waals surface area contributed by atoms with E-state index in [2.05, 4.69) is 15.3 Å². The van der Waals surface area contributed by atoms with Crippen molar-refractivity contribution in [3.05, 3.63) is 213 Å². The Bertz CT molecular complexity index is 4200.